The molecule has 1 aromatic carbocycles. The maximum absolute atomic E-state index is 12.3. The maximum Gasteiger partial charge on any atom is 0.408 e. The Labute approximate surface area is 177 Å². The molecule has 0 aromatic heterocycles. The first-order chi connectivity index (χ1) is 14.8. The summed E-state index contributed by atoms with van der Waals surface area (Å²) in [7, 11) is 1.23. The predicted molar refractivity (Wildman–Crippen MR) is 103 cm³/mol. The van der Waals surface area contributed by atoms with Gasteiger partial charge in [-0.1, -0.05) is 30.3 Å². The number of carbonyl (C=O) groups is 3. The summed E-state index contributed by atoms with van der Waals surface area (Å²) < 4.78 is 15.2. The highest BCUT2D eigenvalue weighted by atomic mass is 16.7. The molecule has 1 aliphatic rings. The van der Waals surface area contributed by atoms with Crippen molar-refractivity contribution in [3.05, 3.63) is 35.9 Å². The summed E-state index contributed by atoms with van der Waals surface area (Å²) in [5.74, 6) is -2.34. The van der Waals surface area contributed by atoms with Crippen LogP contribution in [0.2, 0.25) is 0 Å². The number of hydrogen-bond donors (Lipinski definition) is 6. The van der Waals surface area contributed by atoms with E-state index < -0.39 is 67.7 Å². The number of carboxylic acid groups (broad SMARTS) is 1. The van der Waals surface area contributed by atoms with Crippen molar-refractivity contribution in [2.24, 2.45) is 0 Å². The number of nitrogens with one attached hydrogen (secondary N) is 2. The minimum absolute atomic E-state index is 0.0871. The number of ether oxygens (including phenoxy) is 3. The molecule has 12 heteroatoms. The van der Waals surface area contributed by atoms with Gasteiger partial charge >= 0.3 is 12.1 Å². The SMILES string of the molecule is CO[C@@H]1O[C@H](CO)[C@@H](O)[C@H](O)[C@H]1NC(=O)C[C@H](NC(=O)OCc1ccccc1)C(=O)O. The summed E-state index contributed by atoms with van der Waals surface area (Å²) in [6.07, 6.45) is -7.10. The molecule has 0 bridgehead atoms. The first-order valence-electron chi connectivity index (χ1n) is 9.41. The molecule has 0 aliphatic carbocycles. The van der Waals surface area contributed by atoms with Crippen molar-refractivity contribution in [3.63, 3.8) is 0 Å². The van der Waals surface area contributed by atoms with Gasteiger partial charge in [-0.15, -0.1) is 0 Å². The zero-order valence-corrected chi connectivity index (χ0v) is 16.7. The third-order valence-corrected chi connectivity index (χ3v) is 4.63. The number of aliphatic carboxylic acids is 1. The minimum Gasteiger partial charge on any atom is -0.480 e. The van der Waals surface area contributed by atoms with Crippen LogP contribution in [0.3, 0.4) is 0 Å². The van der Waals surface area contributed by atoms with Gasteiger partial charge < -0.3 is 45.3 Å². The molecule has 31 heavy (non-hydrogen) atoms. The van der Waals surface area contributed by atoms with Crippen LogP contribution in [0.4, 0.5) is 4.79 Å². The number of methoxy groups -OCH3 is 1. The quantitative estimate of drug-likeness (QED) is 0.258. The van der Waals surface area contributed by atoms with E-state index >= 15 is 0 Å². The van der Waals surface area contributed by atoms with Gasteiger partial charge in [-0.05, 0) is 5.56 Å². The number of benzene rings is 1. The fourth-order valence-electron chi connectivity index (χ4n) is 2.97. The summed E-state index contributed by atoms with van der Waals surface area (Å²) in [5, 5.41) is 43.1. The summed E-state index contributed by atoms with van der Waals surface area (Å²) in [6.45, 7) is -0.675. The Morgan fingerprint density at radius 1 is 1.16 bits per heavy atom. The summed E-state index contributed by atoms with van der Waals surface area (Å²) in [6, 6.07) is 5.86. The van der Waals surface area contributed by atoms with E-state index in [0.717, 1.165) is 0 Å². The van der Waals surface area contributed by atoms with Gasteiger partial charge in [-0.3, -0.25) is 4.79 Å². The van der Waals surface area contributed by atoms with Gasteiger partial charge in [0.15, 0.2) is 6.29 Å². The minimum atomic E-state index is -1.61. The average molecular weight is 442 g/mol. The van der Waals surface area contributed by atoms with Crippen molar-refractivity contribution >= 4 is 18.0 Å². The third-order valence-electron chi connectivity index (χ3n) is 4.63. The lowest BCUT2D eigenvalue weighted by Crippen LogP contribution is -2.64. The van der Waals surface area contributed by atoms with Crippen molar-refractivity contribution < 1.29 is 49.0 Å². The van der Waals surface area contributed by atoms with E-state index in [1.54, 1.807) is 30.3 Å². The lowest BCUT2D eigenvalue weighted by molar-refractivity contribution is -0.262. The molecule has 1 saturated heterocycles. The van der Waals surface area contributed by atoms with E-state index in [9.17, 15) is 34.8 Å². The van der Waals surface area contributed by atoms with Crippen molar-refractivity contribution in [1.82, 2.24) is 10.6 Å². The Bertz CT molecular complexity index is 744. The number of rotatable bonds is 9. The molecular formula is C19H26N2O10. The molecule has 0 radical (unpaired) electrons. The van der Waals surface area contributed by atoms with Gasteiger partial charge in [0.2, 0.25) is 5.91 Å². The van der Waals surface area contributed by atoms with Crippen LogP contribution in [-0.2, 0) is 30.4 Å². The average Bonchev–Trinajstić information content (AvgIpc) is 2.76. The molecule has 172 valence electrons. The number of carbonyl (C=O) groups excluding carboxylic acids is 2. The third kappa shape index (κ3) is 6.87. The summed E-state index contributed by atoms with van der Waals surface area (Å²) in [4.78, 5) is 35.7. The van der Waals surface area contributed by atoms with Gasteiger partial charge in [0.1, 0.15) is 37.0 Å². The van der Waals surface area contributed by atoms with Gasteiger partial charge in [-0.25, -0.2) is 9.59 Å². The summed E-state index contributed by atoms with van der Waals surface area (Å²) in [5.41, 5.74) is 0.693. The molecule has 6 atom stereocenters. The van der Waals surface area contributed by atoms with Crippen molar-refractivity contribution in [1.29, 1.82) is 0 Å². The monoisotopic (exact) mass is 442 g/mol. The molecule has 0 saturated carbocycles. The number of amides is 2. The second-order valence-electron chi connectivity index (χ2n) is 6.84. The largest absolute Gasteiger partial charge is 0.480 e. The number of aliphatic hydroxyl groups excluding tert-OH is 3. The molecular weight excluding hydrogens is 416 g/mol. The molecule has 1 aromatic rings. The highest BCUT2D eigenvalue weighted by Gasteiger charge is 2.45. The van der Waals surface area contributed by atoms with Crippen LogP contribution in [0, 0.1) is 0 Å². The van der Waals surface area contributed by atoms with E-state index in [2.05, 4.69) is 10.6 Å². The van der Waals surface area contributed by atoms with Crippen LogP contribution < -0.4 is 10.6 Å². The van der Waals surface area contributed by atoms with Crippen LogP contribution in [0.5, 0.6) is 0 Å². The lowest BCUT2D eigenvalue weighted by Gasteiger charge is -2.41. The van der Waals surface area contributed by atoms with Crippen LogP contribution in [0.15, 0.2) is 30.3 Å². The van der Waals surface area contributed by atoms with E-state index in [1.165, 1.54) is 7.11 Å². The normalized spacial score (nSPS) is 26.5. The van der Waals surface area contributed by atoms with E-state index in [0.29, 0.717) is 5.56 Å². The molecule has 1 fully saturated rings. The van der Waals surface area contributed by atoms with E-state index in [1.807, 2.05) is 0 Å². The van der Waals surface area contributed by atoms with Gasteiger partial charge in [0.05, 0.1) is 13.0 Å². The van der Waals surface area contributed by atoms with Gasteiger partial charge in [0, 0.05) is 7.11 Å². The molecule has 12 nitrogen and oxygen atoms in total. The Morgan fingerprint density at radius 2 is 1.84 bits per heavy atom. The zero-order valence-electron chi connectivity index (χ0n) is 16.7. The number of carboxylic acids is 1. The van der Waals surface area contributed by atoms with Crippen LogP contribution in [-0.4, -0.2) is 88.8 Å². The predicted octanol–water partition coefficient (Wildman–Crippen LogP) is -1.67. The molecule has 0 spiro atoms. The molecule has 1 aliphatic heterocycles. The standard InChI is InChI=1S/C19H26N2O10/c1-29-18-14(16(25)15(24)12(8-22)31-18)21-13(23)7-11(17(26)27)20-19(28)30-9-10-5-3-2-4-6-10/h2-6,11-12,14-16,18,22,24-25H,7-9H2,1H3,(H,20,28)(H,21,23)(H,26,27)/t11-,12+,14+,15+,16+,18+/m0/s1. The second kappa shape index (κ2) is 11.6. The maximum atomic E-state index is 12.3. The summed E-state index contributed by atoms with van der Waals surface area (Å²) >= 11 is 0. The molecule has 0 unspecified atom stereocenters. The second-order valence-corrected chi connectivity index (χ2v) is 6.84. The lowest BCUT2D eigenvalue weighted by atomic mass is 9.96. The first-order valence-corrected chi connectivity index (χ1v) is 9.41. The highest BCUT2D eigenvalue weighted by molar-refractivity contribution is 5.87. The van der Waals surface area contributed by atoms with Crippen molar-refractivity contribution in [2.75, 3.05) is 13.7 Å². The molecule has 2 amide bonds. The van der Waals surface area contributed by atoms with Crippen LogP contribution in [0.25, 0.3) is 0 Å². The fourth-order valence-corrected chi connectivity index (χ4v) is 2.97. The Morgan fingerprint density at radius 3 is 2.42 bits per heavy atom. The van der Waals surface area contributed by atoms with Crippen LogP contribution >= 0.6 is 0 Å². The molecule has 1 heterocycles. The van der Waals surface area contributed by atoms with Gasteiger partial charge in [-0.2, -0.15) is 0 Å². The van der Waals surface area contributed by atoms with Crippen molar-refractivity contribution in [2.45, 2.75) is 49.7 Å². The zero-order chi connectivity index (χ0) is 23.0. The first kappa shape index (κ1) is 24.5. The topological polar surface area (TPSA) is 184 Å². The number of alkyl carbamates (subject to hydrolysis) is 1. The van der Waals surface area contributed by atoms with E-state index in [-0.39, 0.29) is 6.61 Å². The van der Waals surface area contributed by atoms with Gasteiger partial charge in [0.25, 0.3) is 0 Å². The Balaban J connectivity index is 1.92. The smallest absolute Gasteiger partial charge is 0.408 e. The van der Waals surface area contributed by atoms with Crippen LogP contribution in [0.1, 0.15) is 12.0 Å². The number of hydrogen-bond acceptors (Lipinski definition) is 9. The van der Waals surface area contributed by atoms with Crippen molar-refractivity contribution in [3.8, 4) is 0 Å². The highest BCUT2D eigenvalue weighted by Crippen LogP contribution is 2.21. The Kier molecular flexibility index (Phi) is 9.15. The molecule has 6 N–H and O–H groups in total. The van der Waals surface area contributed by atoms with E-state index in [4.69, 9.17) is 14.2 Å². The number of aliphatic hydroxyl groups is 3. The fraction of sp³-hybridized carbons (Fsp3) is 0.526. The molecule has 2 rings (SSSR count). The Hall–Kier alpha value is -2.77.